The second-order valence-electron chi connectivity index (χ2n) is 4.36. The summed E-state index contributed by atoms with van der Waals surface area (Å²) in [5.74, 6) is -0.777. The molecule has 0 aliphatic rings. The quantitative estimate of drug-likeness (QED) is 0.908. The summed E-state index contributed by atoms with van der Waals surface area (Å²) in [6.07, 6.45) is 0.857. The van der Waals surface area contributed by atoms with Crippen molar-refractivity contribution < 1.29 is 9.90 Å². The Balaban J connectivity index is 3.26. The van der Waals surface area contributed by atoms with Crippen LogP contribution in [0.1, 0.15) is 25.3 Å². The molecule has 1 atom stereocenters. The van der Waals surface area contributed by atoms with Crippen molar-refractivity contribution in [2.75, 3.05) is 14.1 Å². The largest absolute Gasteiger partial charge is 0.481 e. The van der Waals surface area contributed by atoms with E-state index in [0.717, 1.165) is 16.5 Å². The number of nitrogens with zero attached hydrogens (tertiary/aromatic N) is 1. The van der Waals surface area contributed by atoms with E-state index in [4.69, 9.17) is 5.11 Å². The van der Waals surface area contributed by atoms with E-state index in [9.17, 15) is 4.79 Å². The van der Waals surface area contributed by atoms with E-state index in [1.54, 1.807) is 0 Å². The standard InChI is InChI=1S/C13H18BrNO2/c1-4-13(15(2)3,9-12(16)17)10-6-5-7-11(14)8-10/h5-8H,4,9H2,1-3H3,(H,16,17). The van der Waals surface area contributed by atoms with Gasteiger partial charge in [-0.2, -0.15) is 0 Å². The van der Waals surface area contributed by atoms with Gasteiger partial charge in [-0.3, -0.25) is 9.69 Å². The Hall–Kier alpha value is -0.870. The molecule has 0 spiro atoms. The zero-order valence-corrected chi connectivity index (χ0v) is 12.0. The summed E-state index contributed by atoms with van der Waals surface area (Å²) in [5.41, 5.74) is 0.581. The lowest BCUT2D eigenvalue weighted by Gasteiger charge is -2.38. The van der Waals surface area contributed by atoms with Crippen molar-refractivity contribution in [1.82, 2.24) is 4.90 Å². The van der Waals surface area contributed by atoms with Gasteiger partial charge in [0.05, 0.1) is 12.0 Å². The van der Waals surface area contributed by atoms with Crippen LogP contribution in [0.4, 0.5) is 0 Å². The van der Waals surface area contributed by atoms with Crippen LogP contribution >= 0.6 is 15.9 Å². The van der Waals surface area contributed by atoms with E-state index in [1.807, 2.05) is 50.2 Å². The van der Waals surface area contributed by atoms with E-state index >= 15 is 0 Å². The molecule has 0 aliphatic carbocycles. The van der Waals surface area contributed by atoms with Crippen LogP contribution in [0.15, 0.2) is 28.7 Å². The molecule has 94 valence electrons. The SMILES string of the molecule is CCC(CC(=O)O)(c1cccc(Br)c1)N(C)C. The molecule has 4 heteroatoms. The summed E-state index contributed by atoms with van der Waals surface area (Å²) in [7, 11) is 3.85. The van der Waals surface area contributed by atoms with Gasteiger partial charge in [0.15, 0.2) is 0 Å². The van der Waals surface area contributed by atoms with Gasteiger partial charge >= 0.3 is 5.97 Å². The van der Waals surface area contributed by atoms with Gasteiger partial charge in [0.25, 0.3) is 0 Å². The van der Waals surface area contributed by atoms with Crippen molar-refractivity contribution in [1.29, 1.82) is 0 Å². The third-order valence-electron chi connectivity index (χ3n) is 3.25. The van der Waals surface area contributed by atoms with Crippen molar-refractivity contribution in [3.8, 4) is 0 Å². The summed E-state index contributed by atoms with van der Waals surface area (Å²) < 4.78 is 0.972. The van der Waals surface area contributed by atoms with Crippen LogP contribution in [0, 0.1) is 0 Å². The Bertz CT molecular complexity index is 406. The molecule has 1 unspecified atom stereocenters. The van der Waals surface area contributed by atoms with Gasteiger partial charge in [-0.15, -0.1) is 0 Å². The molecule has 0 amide bonds. The van der Waals surface area contributed by atoms with Crippen LogP contribution in [0.2, 0.25) is 0 Å². The molecule has 0 heterocycles. The zero-order valence-electron chi connectivity index (χ0n) is 10.4. The molecule has 0 aliphatic heterocycles. The topological polar surface area (TPSA) is 40.5 Å². The minimum Gasteiger partial charge on any atom is -0.481 e. The molecular weight excluding hydrogens is 282 g/mol. The van der Waals surface area contributed by atoms with E-state index in [1.165, 1.54) is 0 Å². The normalized spacial score (nSPS) is 14.6. The number of carboxylic acids is 1. The molecule has 0 aromatic heterocycles. The van der Waals surface area contributed by atoms with Gasteiger partial charge in [0.2, 0.25) is 0 Å². The average Bonchev–Trinajstić information content (AvgIpc) is 2.25. The zero-order chi connectivity index (χ0) is 13.1. The number of aliphatic carboxylic acids is 1. The molecule has 1 aromatic rings. The molecule has 1 aromatic carbocycles. The lowest BCUT2D eigenvalue weighted by Crippen LogP contribution is -2.42. The van der Waals surface area contributed by atoms with E-state index in [2.05, 4.69) is 15.9 Å². The van der Waals surface area contributed by atoms with E-state index in [0.29, 0.717) is 0 Å². The maximum Gasteiger partial charge on any atom is 0.305 e. The van der Waals surface area contributed by atoms with Gasteiger partial charge in [0.1, 0.15) is 0 Å². The second-order valence-corrected chi connectivity index (χ2v) is 5.28. The van der Waals surface area contributed by atoms with E-state index < -0.39 is 11.5 Å². The van der Waals surface area contributed by atoms with Gasteiger partial charge in [-0.05, 0) is 38.2 Å². The summed E-state index contributed by atoms with van der Waals surface area (Å²) in [6.45, 7) is 2.02. The predicted molar refractivity (Wildman–Crippen MR) is 72.1 cm³/mol. The Kier molecular flexibility index (Phi) is 4.71. The maximum absolute atomic E-state index is 11.1. The first-order valence-electron chi connectivity index (χ1n) is 5.57. The number of benzene rings is 1. The molecular formula is C13H18BrNO2. The number of carboxylic acid groups (broad SMARTS) is 1. The first kappa shape index (κ1) is 14.2. The predicted octanol–water partition coefficient (Wildman–Crippen LogP) is 3.09. The molecule has 1 N–H and O–H groups in total. The molecule has 1 rings (SSSR count). The highest BCUT2D eigenvalue weighted by Gasteiger charge is 2.35. The fourth-order valence-corrected chi connectivity index (χ4v) is 2.59. The lowest BCUT2D eigenvalue weighted by molar-refractivity contribution is -0.140. The number of halogens is 1. The first-order valence-corrected chi connectivity index (χ1v) is 6.37. The first-order chi connectivity index (χ1) is 7.92. The van der Waals surface area contributed by atoms with Crippen LogP contribution < -0.4 is 0 Å². The summed E-state index contributed by atoms with van der Waals surface area (Å²) >= 11 is 3.43. The number of carbonyl (C=O) groups is 1. The minimum atomic E-state index is -0.777. The van der Waals surface area contributed by atoms with Gasteiger partial charge in [-0.25, -0.2) is 0 Å². The monoisotopic (exact) mass is 299 g/mol. The van der Waals surface area contributed by atoms with Gasteiger partial charge in [0, 0.05) is 4.47 Å². The van der Waals surface area contributed by atoms with E-state index in [-0.39, 0.29) is 6.42 Å². The number of hydrogen-bond acceptors (Lipinski definition) is 2. The van der Waals surface area contributed by atoms with Crippen molar-refractivity contribution >= 4 is 21.9 Å². The number of hydrogen-bond donors (Lipinski definition) is 1. The molecule has 0 bridgehead atoms. The second kappa shape index (κ2) is 5.65. The Morgan fingerprint density at radius 2 is 2.12 bits per heavy atom. The average molecular weight is 300 g/mol. The van der Waals surface area contributed by atoms with Crippen LogP contribution in [0.25, 0.3) is 0 Å². The Morgan fingerprint density at radius 1 is 1.47 bits per heavy atom. The fraction of sp³-hybridized carbons (Fsp3) is 0.462. The highest BCUT2D eigenvalue weighted by Crippen LogP contribution is 2.35. The van der Waals surface area contributed by atoms with Crippen molar-refractivity contribution in [3.05, 3.63) is 34.3 Å². The smallest absolute Gasteiger partial charge is 0.305 e. The van der Waals surface area contributed by atoms with Gasteiger partial charge < -0.3 is 5.11 Å². The lowest BCUT2D eigenvalue weighted by atomic mass is 9.83. The van der Waals surface area contributed by atoms with Crippen LogP contribution in [0.3, 0.4) is 0 Å². The number of rotatable bonds is 5. The molecule has 0 saturated heterocycles. The van der Waals surface area contributed by atoms with Gasteiger partial charge in [-0.1, -0.05) is 35.0 Å². The molecule has 17 heavy (non-hydrogen) atoms. The van der Waals surface area contributed by atoms with Crippen LogP contribution in [-0.2, 0) is 10.3 Å². The van der Waals surface area contributed by atoms with Crippen molar-refractivity contribution in [2.45, 2.75) is 25.3 Å². The molecule has 0 radical (unpaired) electrons. The Labute approximate surface area is 111 Å². The highest BCUT2D eigenvalue weighted by atomic mass is 79.9. The third kappa shape index (κ3) is 3.07. The highest BCUT2D eigenvalue weighted by molar-refractivity contribution is 9.10. The maximum atomic E-state index is 11.1. The molecule has 0 fully saturated rings. The minimum absolute atomic E-state index is 0.104. The Morgan fingerprint density at radius 3 is 2.53 bits per heavy atom. The molecule has 0 saturated carbocycles. The summed E-state index contributed by atoms with van der Waals surface area (Å²) in [4.78, 5) is 13.1. The summed E-state index contributed by atoms with van der Waals surface area (Å²) in [5, 5.41) is 9.12. The summed E-state index contributed by atoms with van der Waals surface area (Å²) in [6, 6.07) is 7.86. The van der Waals surface area contributed by atoms with Crippen LogP contribution in [0.5, 0.6) is 0 Å². The third-order valence-corrected chi connectivity index (χ3v) is 3.74. The molecule has 3 nitrogen and oxygen atoms in total. The van der Waals surface area contributed by atoms with Crippen molar-refractivity contribution in [2.24, 2.45) is 0 Å². The van der Waals surface area contributed by atoms with Crippen molar-refractivity contribution in [3.63, 3.8) is 0 Å². The fourth-order valence-electron chi connectivity index (χ4n) is 2.19. The van der Waals surface area contributed by atoms with Crippen LogP contribution in [-0.4, -0.2) is 30.1 Å².